The molecule has 1 atom stereocenters. The Bertz CT molecular complexity index is 126. The molecule has 0 aromatic heterocycles. The van der Waals surface area contributed by atoms with E-state index in [4.69, 9.17) is 0 Å². The summed E-state index contributed by atoms with van der Waals surface area (Å²) in [5, 5.41) is 0. The normalized spacial score (nSPS) is 26.6. The maximum atomic E-state index is 3.65. The van der Waals surface area contributed by atoms with Crippen molar-refractivity contribution >= 4 is 0 Å². The lowest BCUT2D eigenvalue weighted by molar-refractivity contribution is 0.648. The molecule has 2 nitrogen and oxygen atoms in total. The topological polar surface area (TPSA) is 24.1 Å². The molecule has 0 radical (unpaired) electrons. The number of hydrazine groups is 1. The Hall–Kier alpha value is -0.760. The van der Waals surface area contributed by atoms with Crippen LogP contribution in [0.25, 0.3) is 0 Å². The molecule has 1 aliphatic heterocycles. The van der Waals surface area contributed by atoms with E-state index in [2.05, 4.69) is 24.4 Å². The molecule has 0 spiro atoms. The summed E-state index contributed by atoms with van der Waals surface area (Å²) in [5.41, 5.74) is 7.16. The first kappa shape index (κ1) is 5.38. The van der Waals surface area contributed by atoms with Crippen molar-refractivity contribution in [1.29, 1.82) is 0 Å². The second-order valence-corrected chi connectivity index (χ2v) is 1.89. The molecule has 0 aromatic rings. The zero-order chi connectivity index (χ0) is 5.98. The van der Waals surface area contributed by atoms with Crippen LogP contribution in [0.1, 0.15) is 6.92 Å². The van der Waals surface area contributed by atoms with Gasteiger partial charge in [0.2, 0.25) is 0 Å². The smallest absolute Gasteiger partial charge is 0.0662 e. The maximum Gasteiger partial charge on any atom is 0.0662 e. The molecule has 0 aliphatic carbocycles. The van der Waals surface area contributed by atoms with Gasteiger partial charge in [0.25, 0.3) is 0 Å². The van der Waals surface area contributed by atoms with Crippen molar-refractivity contribution in [3.05, 3.63) is 24.4 Å². The fraction of sp³-hybridized carbons (Fsp3) is 0.333. The van der Waals surface area contributed by atoms with E-state index < -0.39 is 0 Å². The van der Waals surface area contributed by atoms with Gasteiger partial charge in [0.1, 0.15) is 0 Å². The van der Waals surface area contributed by atoms with Crippen molar-refractivity contribution in [2.45, 2.75) is 13.0 Å². The first-order valence-electron chi connectivity index (χ1n) is 2.65. The van der Waals surface area contributed by atoms with Crippen LogP contribution in [0.3, 0.4) is 0 Å². The van der Waals surface area contributed by atoms with Gasteiger partial charge in [-0.3, -0.25) is 0 Å². The van der Waals surface area contributed by atoms with Crippen LogP contribution in [0, 0.1) is 0 Å². The fourth-order valence-corrected chi connectivity index (χ4v) is 0.694. The summed E-state index contributed by atoms with van der Waals surface area (Å²) >= 11 is 0. The molecule has 1 rings (SSSR count). The Kier molecular flexibility index (Phi) is 1.35. The van der Waals surface area contributed by atoms with E-state index in [0.717, 1.165) is 0 Å². The van der Waals surface area contributed by atoms with Crippen molar-refractivity contribution in [1.82, 2.24) is 10.9 Å². The lowest BCUT2D eigenvalue weighted by Crippen LogP contribution is -2.29. The van der Waals surface area contributed by atoms with Gasteiger partial charge < -0.3 is 5.43 Å². The molecule has 0 saturated heterocycles. The number of hydrogen-bond donors (Lipinski definition) is 2. The highest BCUT2D eigenvalue weighted by molar-refractivity contribution is 5.17. The Morgan fingerprint density at radius 1 is 1.88 bits per heavy atom. The molecule has 0 unspecified atom stereocenters. The highest BCUT2D eigenvalue weighted by Gasteiger charge is 2.08. The number of nitrogens with one attached hydrogen (secondary N) is 2. The molecule has 0 aromatic carbocycles. The molecule has 1 heterocycles. The van der Waals surface area contributed by atoms with Crippen molar-refractivity contribution in [2.24, 2.45) is 0 Å². The van der Waals surface area contributed by atoms with E-state index in [1.54, 1.807) is 0 Å². The molecular weight excluding hydrogens is 100 g/mol. The van der Waals surface area contributed by atoms with Gasteiger partial charge in [0, 0.05) is 6.20 Å². The Morgan fingerprint density at radius 3 is 2.88 bits per heavy atom. The Morgan fingerprint density at radius 2 is 2.62 bits per heavy atom. The summed E-state index contributed by atoms with van der Waals surface area (Å²) < 4.78 is 0. The summed E-state index contributed by atoms with van der Waals surface area (Å²) in [5.74, 6) is 0. The fourth-order valence-electron chi connectivity index (χ4n) is 0.694. The maximum absolute atomic E-state index is 3.65. The van der Waals surface area contributed by atoms with E-state index in [1.807, 2.05) is 12.3 Å². The third-order valence-corrected chi connectivity index (χ3v) is 1.26. The molecule has 8 heavy (non-hydrogen) atoms. The third kappa shape index (κ3) is 0.746. The molecule has 2 heteroatoms. The van der Waals surface area contributed by atoms with Gasteiger partial charge in [-0.2, -0.15) is 0 Å². The molecule has 0 amide bonds. The predicted molar refractivity (Wildman–Crippen MR) is 34.0 cm³/mol. The van der Waals surface area contributed by atoms with E-state index in [9.17, 15) is 0 Å². The minimum Gasteiger partial charge on any atom is -0.328 e. The van der Waals surface area contributed by atoms with Crippen LogP contribution < -0.4 is 10.9 Å². The summed E-state index contributed by atoms with van der Waals surface area (Å²) in [4.78, 5) is 0. The summed E-state index contributed by atoms with van der Waals surface area (Å²) in [6, 6.07) is 0.329. The lowest BCUT2D eigenvalue weighted by Gasteiger charge is -2.02. The van der Waals surface area contributed by atoms with Crippen LogP contribution in [-0.4, -0.2) is 6.04 Å². The van der Waals surface area contributed by atoms with Crippen LogP contribution in [0.15, 0.2) is 24.4 Å². The first-order valence-corrected chi connectivity index (χ1v) is 2.65. The van der Waals surface area contributed by atoms with Crippen molar-refractivity contribution in [3.8, 4) is 0 Å². The van der Waals surface area contributed by atoms with E-state index in [1.165, 1.54) is 5.57 Å². The second kappa shape index (κ2) is 2.01. The van der Waals surface area contributed by atoms with Gasteiger partial charge in [0.05, 0.1) is 6.04 Å². The molecule has 0 bridgehead atoms. The predicted octanol–water partition coefficient (Wildman–Crippen LogP) is 0.553. The molecule has 0 fully saturated rings. The Balaban J connectivity index is 2.58. The first-order chi connectivity index (χ1) is 3.84. The molecular formula is C6H10N2. The van der Waals surface area contributed by atoms with E-state index in [0.29, 0.717) is 6.04 Å². The van der Waals surface area contributed by atoms with Gasteiger partial charge in [-0.05, 0) is 12.5 Å². The number of hydrogen-bond acceptors (Lipinski definition) is 2. The highest BCUT2D eigenvalue weighted by atomic mass is 15.4. The van der Waals surface area contributed by atoms with Gasteiger partial charge in [0.15, 0.2) is 0 Å². The van der Waals surface area contributed by atoms with Gasteiger partial charge >= 0.3 is 0 Å². The zero-order valence-corrected chi connectivity index (χ0v) is 4.94. The molecule has 44 valence electrons. The summed E-state index contributed by atoms with van der Waals surface area (Å²) in [7, 11) is 0. The summed E-state index contributed by atoms with van der Waals surface area (Å²) in [6.45, 7) is 5.70. The quantitative estimate of drug-likeness (QED) is 0.482. The van der Waals surface area contributed by atoms with E-state index in [-0.39, 0.29) is 0 Å². The second-order valence-electron chi connectivity index (χ2n) is 1.89. The highest BCUT2D eigenvalue weighted by Crippen LogP contribution is 2.03. The van der Waals surface area contributed by atoms with Gasteiger partial charge in [-0.15, -0.1) is 6.58 Å². The average Bonchev–Trinajstić information content (AvgIpc) is 2.14. The van der Waals surface area contributed by atoms with Crippen LogP contribution >= 0.6 is 0 Å². The molecule has 0 saturated carbocycles. The van der Waals surface area contributed by atoms with Crippen molar-refractivity contribution < 1.29 is 0 Å². The summed E-state index contributed by atoms with van der Waals surface area (Å²) in [6.07, 6.45) is 3.80. The SMILES string of the molecule is C=C[C@@H]1NNC=C1C. The zero-order valence-electron chi connectivity index (χ0n) is 4.94. The standard InChI is InChI=1S/C6H10N2/c1-3-6-5(2)4-7-8-6/h3-4,6-8H,1H2,2H3/t6-/m0/s1. The van der Waals surface area contributed by atoms with E-state index >= 15 is 0 Å². The Labute approximate surface area is 49.2 Å². The van der Waals surface area contributed by atoms with Crippen LogP contribution in [0.4, 0.5) is 0 Å². The minimum absolute atomic E-state index is 0.329. The monoisotopic (exact) mass is 110 g/mol. The molecule has 2 N–H and O–H groups in total. The number of rotatable bonds is 1. The van der Waals surface area contributed by atoms with Crippen LogP contribution in [0.5, 0.6) is 0 Å². The van der Waals surface area contributed by atoms with Crippen molar-refractivity contribution in [3.63, 3.8) is 0 Å². The largest absolute Gasteiger partial charge is 0.328 e. The lowest BCUT2D eigenvalue weighted by atomic mass is 10.2. The van der Waals surface area contributed by atoms with Crippen molar-refractivity contribution in [2.75, 3.05) is 0 Å². The molecule has 1 aliphatic rings. The average molecular weight is 110 g/mol. The van der Waals surface area contributed by atoms with Crippen LogP contribution in [-0.2, 0) is 0 Å². The third-order valence-electron chi connectivity index (χ3n) is 1.26. The van der Waals surface area contributed by atoms with Gasteiger partial charge in [-0.25, -0.2) is 5.43 Å². The van der Waals surface area contributed by atoms with Gasteiger partial charge in [-0.1, -0.05) is 6.08 Å². The van der Waals surface area contributed by atoms with Crippen LogP contribution in [0.2, 0.25) is 0 Å². The minimum atomic E-state index is 0.329.